The molecule has 0 bridgehead atoms. The third-order valence-electron chi connectivity index (χ3n) is 4.80. The number of ether oxygens (including phenoxy) is 1. The van der Waals surface area contributed by atoms with Crippen molar-refractivity contribution in [1.29, 1.82) is 0 Å². The van der Waals surface area contributed by atoms with E-state index in [4.69, 9.17) is 16.3 Å². The van der Waals surface area contributed by atoms with Crippen LogP contribution in [0.1, 0.15) is 5.56 Å². The highest BCUT2D eigenvalue weighted by Crippen LogP contribution is 2.39. The van der Waals surface area contributed by atoms with Gasteiger partial charge in [-0.05, 0) is 35.9 Å². The lowest BCUT2D eigenvalue weighted by atomic mass is 10.1. The lowest BCUT2D eigenvalue weighted by Crippen LogP contribution is -2.04. The number of para-hydroxylation sites is 1. The minimum Gasteiger partial charge on any atom is -0.454 e. The van der Waals surface area contributed by atoms with Crippen molar-refractivity contribution < 1.29 is 9.53 Å². The Hall–Kier alpha value is -3.58. The molecule has 0 saturated carbocycles. The van der Waals surface area contributed by atoms with Crippen LogP contribution in [0.4, 0.5) is 17.2 Å². The molecule has 7 nitrogen and oxygen atoms in total. The van der Waals surface area contributed by atoms with Crippen LogP contribution in [0, 0.1) is 0 Å². The Kier molecular flexibility index (Phi) is 4.10. The lowest BCUT2D eigenvalue weighted by Gasteiger charge is -2.13. The highest BCUT2D eigenvalue weighted by molar-refractivity contribution is 6.32. The number of fused-ring (bicyclic) bond motifs is 2. The van der Waals surface area contributed by atoms with Gasteiger partial charge in [-0.3, -0.25) is 4.79 Å². The molecule has 1 aliphatic rings. The number of hydrogen-bond donors (Lipinski definition) is 2. The summed E-state index contributed by atoms with van der Waals surface area (Å²) in [4.78, 5) is 20.3. The zero-order valence-electron chi connectivity index (χ0n) is 15.4. The number of benzene rings is 2. The third kappa shape index (κ3) is 3.15. The fourth-order valence-corrected chi connectivity index (χ4v) is 3.65. The fourth-order valence-electron chi connectivity index (χ4n) is 3.43. The maximum atomic E-state index is 11.7. The summed E-state index contributed by atoms with van der Waals surface area (Å²) in [6.07, 6.45) is 3.81. The second-order valence-corrected chi connectivity index (χ2v) is 7.18. The molecule has 8 heteroatoms. The summed E-state index contributed by atoms with van der Waals surface area (Å²) in [5.74, 6) is 1.71. The summed E-state index contributed by atoms with van der Waals surface area (Å²) >= 11 is 6.46. The molecule has 2 N–H and O–H groups in total. The van der Waals surface area contributed by atoms with Gasteiger partial charge in [-0.25, -0.2) is 9.97 Å². The van der Waals surface area contributed by atoms with E-state index in [0.717, 1.165) is 22.3 Å². The Morgan fingerprint density at radius 3 is 2.93 bits per heavy atom. The Labute approximate surface area is 171 Å². The topological polar surface area (TPSA) is 81.1 Å². The number of anilines is 3. The average molecular weight is 406 g/mol. The van der Waals surface area contributed by atoms with Crippen molar-refractivity contribution in [2.75, 3.05) is 10.6 Å². The number of hydrogen-bond acceptors (Lipinski definition) is 5. The molecular weight excluding hydrogens is 390 g/mol. The van der Waals surface area contributed by atoms with Crippen LogP contribution in [-0.4, -0.2) is 20.4 Å². The van der Waals surface area contributed by atoms with E-state index in [1.807, 2.05) is 42.1 Å². The first-order chi connectivity index (χ1) is 14.1. The maximum Gasteiger partial charge on any atom is 0.228 e. The first-order valence-corrected chi connectivity index (χ1v) is 9.38. The average Bonchev–Trinajstić information content (AvgIpc) is 3.27. The highest BCUT2D eigenvalue weighted by Gasteiger charge is 2.22. The number of aryl methyl sites for hydroxylation is 1. The molecule has 5 rings (SSSR count). The van der Waals surface area contributed by atoms with E-state index in [-0.39, 0.29) is 5.91 Å². The molecule has 0 atom stereocenters. The van der Waals surface area contributed by atoms with Crippen molar-refractivity contribution >= 4 is 45.7 Å². The van der Waals surface area contributed by atoms with E-state index in [1.54, 1.807) is 18.2 Å². The zero-order chi connectivity index (χ0) is 20.0. The predicted molar refractivity (Wildman–Crippen MR) is 112 cm³/mol. The number of nitrogens with zero attached hydrogens (tertiary/aromatic N) is 3. The van der Waals surface area contributed by atoms with Crippen LogP contribution in [-0.2, 0) is 18.3 Å². The SMILES string of the molecule is Cn1ccc2ncnc(Nc3ccc(Oc4cccc5c4NC(=O)C5)c(Cl)c3)c21. The number of halogens is 1. The molecule has 2 aromatic carbocycles. The Balaban J connectivity index is 1.42. The van der Waals surface area contributed by atoms with Gasteiger partial charge in [-0.1, -0.05) is 23.7 Å². The standard InChI is InChI=1S/C21H16ClN5O2/c1-27-8-7-15-20(27)21(24-11-23-15)25-13-5-6-16(14(22)10-13)29-17-4-2-3-12-9-18(28)26-19(12)17/h2-8,10-11H,9H2,1H3,(H,26,28)(H,23,24,25). The zero-order valence-corrected chi connectivity index (χ0v) is 16.2. The van der Waals surface area contributed by atoms with Gasteiger partial charge < -0.3 is 19.9 Å². The van der Waals surface area contributed by atoms with Crippen molar-refractivity contribution in [3.8, 4) is 11.5 Å². The normalized spacial score (nSPS) is 12.7. The fraction of sp³-hybridized carbons (Fsp3) is 0.0952. The summed E-state index contributed by atoms with van der Waals surface area (Å²) in [6, 6.07) is 12.9. The monoisotopic (exact) mass is 405 g/mol. The molecule has 144 valence electrons. The van der Waals surface area contributed by atoms with E-state index in [9.17, 15) is 4.79 Å². The van der Waals surface area contributed by atoms with Gasteiger partial charge in [-0.15, -0.1) is 0 Å². The van der Waals surface area contributed by atoms with Gasteiger partial charge in [0.1, 0.15) is 17.6 Å². The van der Waals surface area contributed by atoms with E-state index in [2.05, 4.69) is 20.6 Å². The van der Waals surface area contributed by atoms with Crippen molar-refractivity contribution in [3.63, 3.8) is 0 Å². The van der Waals surface area contributed by atoms with Gasteiger partial charge in [0, 0.05) is 18.9 Å². The van der Waals surface area contributed by atoms with Crippen molar-refractivity contribution in [3.05, 3.63) is 65.6 Å². The molecule has 0 unspecified atom stereocenters. The van der Waals surface area contributed by atoms with Crippen LogP contribution in [0.15, 0.2) is 55.0 Å². The van der Waals surface area contributed by atoms with Crippen LogP contribution in [0.2, 0.25) is 5.02 Å². The van der Waals surface area contributed by atoms with E-state index < -0.39 is 0 Å². The minimum atomic E-state index is -0.0430. The second-order valence-electron chi connectivity index (χ2n) is 6.77. The number of carbonyl (C=O) groups excluding carboxylic acids is 1. The molecule has 0 aliphatic carbocycles. The quantitative estimate of drug-likeness (QED) is 0.516. The lowest BCUT2D eigenvalue weighted by molar-refractivity contribution is -0.115. The number of amides is 1. The van der Waals surface area contributed by atoms with E-state index in [1.165, 1.54) is 6.33 Å². The summed E-state index contributed by atoms with van der Waals surface area (Å²) in [5.41, 5.74) is 4.14. The minimum absolute atomic E-state index is 0.0430. The van der Waals surface area contributed by atoms with Crippen molar-refractivity contribution in [2.45, 2.75) is 6.42 Å². The highest BCUT2D eigenvalue weighted by atomic mass is 35.5. The number of carbonyl (C=O) groups is 1. The molecule has 1 amide bonds. The van der Waals surface area contributed by atoms with Gasteiger partial charge in [0.15, 0.2) is 11.6 Å². The maximum absolute atomic E-state index is 11.7. The molecule has 4 aromatic rings. The Morgan fingerprint density at radius 2 is 2.07 bits per heavy atom. The van der Waals surface area contributed by atoms with Crippen molar-refractivity contribution in [1.82, 2.24) is 14.5 Å². The molecule has 0 radical (unpaired) electrons. The smallest absolute Gasteiger partial charge is 0.228 e. The summed E-state index contributed by atoms with van der Waals surface area (Å²) in [5, 5.41) is 6.56. The van der Waals surface area contributed by atoms with Crippen molar-refractivity contribution in [2.24, 2.45) is 7.05 Å². The molecule has 2 aromatic heterocycles. The first kappa shape index (κ1) is 17.5. The molecule has 1 aliphatic heterocycles. The van der Waals surface area contributed by atoms with Gasteiger partial charge in [0.2, 0.25) is 5.91 Å². The number of aromatic nitrogens is 3. The predicted octanol–water partition coefficient (Wildman–Crippen LogP) is 4.65. The van der Waals surface area contributed by atoms with Crippen LogP contribution < -0.4 is 15.4 Å². The van der Waals surface area contributed by atoms with Crippen LogP contribution in [0.5, 0.6) is 11.5 Å². The second kappa shape index (κ2) is 6.79. The van der Waals surface area contributed by atoms with Crippen LogP contribution in [0.25, 0.3) is 11.0 Å². The molecular formula is C21H16ClN5O2. The van der Waals surface area contributed by atoms with Crippen LogP contribution >= 0.6 is 11.6 Å². The van der Waals surface area contributed by atoms with E-state index >= 15 is 0 Å². The summed E-state index contributed by atoms with van der Waals surface area (Å²) in [7, 11) is 1.94. The van der Waals surface area contributed by atoms with E-state index in [0.29, 0.717) is 34.4 Å². The number of rotatable bonds is 4. The first-order valence-electron chi connectivity index (χ1n) is 9.01. The molecule has 0 spiro atoms. The molecule has 0 saturated heterocycles. The van der Waals surface area contributed by atoms with Gasteiger partial charge >= 0.3 is 0 Å². The molecule has 29 heavy (non-hydrogen) atoms. The molecule has 0 fully saturated rings. The van der Waals surface area contributed by atoms with Crippen LogP contribution in [0.3, 0.4) is 0 Å². The Morgan fingerprint density at radius 1 is 1.17 bits per heavy atom. The van der Waals surface area contributed by atoms with Gasteiger partial charge in [0.05, 0.1) is 22.6 Å². The summed E-state index contributed by atoms with van der Waals surface area (Å²) < 4.78 is 7.94. The summed E-state index contributed by atoms with van der Waals surface area (Å²) in [6.45, 7) is 0. The largest absolute Gasteiger partial charge is 0.454 e. The number of nitrogens with one attached hydrogen (secondary N) is 2. The third-order valence-corrected chi connectivity index (χ3v) is 5.10. The van der Waals surface area contributed by atoms with Gasteiger partial charge in [0.25, 0.3) is 0 Å². The molecule has 3 heterocycles. The van der Waals surface area contributed by atoms with Gasteiger partial charge in [-0.2, -0.15) is 0 Å². The Bertz CT molecular complexity index is 1270.